The molecule has 1 aromatic rings. The largest absolute Gasteiger partial charge is 0.480 e. The van der Waals surface area contributed by atoms with Crippen molar-refractivity contribution in [3.8, 4) is 0 Å². The number of nitrogens with two attached hydrogens (primary N) is 1. The van der Waals surface area contributed by atoms with Crippen LogP contribution in [0.15, 0.2) is 22.7 Å². The van der Waals surface area contributed by atoms with E-state index in [0.29, 0.717) is 28.6 Å². The molecule has 1 saturated carbocycles. The molecule has 0 atom stereocenters. The summed E-state index contributed by atoms with van der Waals surface area (Å²) in [6, 6.07) is 4.78. The van der Waals surface area contributed by atoms with Crippen LogP contribution in [0.25, 0.3) is 0 Å². The molecule has 0 spiro atoms. The number of carboxylic acid groups (broad SMARTS) is 1. The average molecular weight is 299 g/mol. The maximum atomic E-state index is 11.9. The minimum Gasteiger partial charge on any atom is -0.480 e. The average Bonchev–Trinajstić information content (AvgIpc) is 2.97. The standard InChI is InChI=1S/C11H11BrN2O3/c12-7-3-6(4-8(13)5-7)9(15)14-11(1-2-11)10(16)17/h3-5H,1-2,13H2,(H,14,15)(H,16,17). The number of carbonyl (C=O) groups is 2. The number of anilines is 1. The number of carbonyl (C=O) groups excluding carboxylic acids is 1. The number of halogens is 1. The summed E-state index contributed by atoms with van der Waals surface area (Å²) in [4.78, 5) is 22.8. The van der Waals surface area contributed by atoms with Gasteiger partial charge >= 0.3 is 5.97 Å². The second-order valence-electron chi connectivity index (χ2n) is 4.11. The molecular weight excluding hydrogens is 288 g/mol. The normalized spacial score (nSPS) is 16.3. The van der Waals surface area contributed by atoms with Gasteiger partial charge in [0.2, 0.25) is 0 Å². The smallest absolute Gasteiger partial charge is 0.329 e. The highest BCUT2D eigenvalue weighted by Gasteiger charge is 2.51. The monoisotopic (exact) mass is 298 g/mol. The first-order valence-corrected chi connectivity index (χ1v) is 5.84. The van der Waals surface area contributed by atoms with Gasteiger partial charge in [0.15, 0.2) is 0 Å². The number of carboxylic acids is 1. The first kappa shape index (κ1) is 11.9. The molecule has 1 aliphatic rings. The summed E-state index contributed by atoms with van der Waals surface area (Å²) in [5, 5.41) is 11.5. The first-order valence-electron chi connectivity index (χ1n) is 5.05. The first-order chi connectivity index (χ1) is 7.93. The van der Waals surface area contributed by atoms with Crippen molar-refractivity contribution in [2.24, 2.45) is 0 Å². The number of nitrogen functional groups attached to an aromatic ring is 1. The molecule has 6 heteroatoms. The van der Waals surface area contributed by atoms with Crippen LogP contribution in [-0.4, -0.2) is 22.5 Å². The molecule has 90 valence electrons. The van der Waals surface area contributed by atoms with Gasteiger partial charge in [0.25, 0.3) is 5.91 Å². The van der Waals surface area contributed by atoms with E-state index in [2.05, 4.69) is 21.2 Å². The third kappa shape index (κ3) is 2.41. The zero-order valence-corrected chi connectivity index (χ0v) is 10.5. The fourth-order valence-corrected chi connectivity index (χ4v) is 2.06. The Morgan fingerprint density at radius 2 is 2.00 bits per heavy atom. The van der Waals surface area contributed by atoms with E-state index in [-0.39, 0.29) is 0 Å². The number of hydrogen-bond donors (Lipinski definition) is 3. The van der Waals surface area contributed by atoms with Crippen molar-refractivity contribution >= 4 is 33.5 Å². The zero-order chi connectivity index (χ0) is 12.6. The lowest BCUT2D eigenvalue weighted by atomic mass is 10.1. The Morgan fingerprint density at radius 3 is 2.47 bits per heavy atom. The van der Waals surface area contributed by atoms with Crippen LogP contribution in [0.1, 0.15) is 23.2 Å². The SMILES string of the molecule is Nc1cc(Br)cc(C(=O)NC2(C(=O)O)CC2)c1. The maximum Gasteiger partial charge on any atom is 0.329 e. The molecule has 0 saturated heterocycles. The lowest BCUT2D eigenvalue weighted by Gasteiger charge is -2.12. The molecule has 0 aliphatic heterocycles. The van der Waals surface area contributed by atoms with Gasteiger partial charge in [-0.25, -0.2) is 4.79 Å². The second-order valence-corrected chi connectivity index (χ2v) is 5.03. The third-order valence-corrected chi connectivity index (χ3v) is 3.15. The Morgan fingerprint density at radius 1 is 1.35 bits per heavy atom. The van der Waals surface area contributed by atoms with Gasteiger partial charge in [0.1, 0.15) is 5.54 Å². The molecule has 1 amide bonds. The molecule has 4 N–H and O–H groups in total. The van der Waals surface area contributed by atoms with Gasteiger partial charge in [-0.2, -0.15) is 0 Å². The van der Waals surface area contributed by atoms with E-state index in [1.54, 1.807) is 12.1 Å². The van der Waals surface area contributed by atoms with E-state index in [9.17, 15) is 9.59 Å². The highest BCUT2D eigenvalue weighted by Crippen LogP contribution is 2.35. The van der Waals surface area contributed by atoms with Crippen molar-refractivity contribution in [1.29, 1.82) is 0 Å². The molecule has 17 heavy (non-hydrogen) atoms. The molecule has 0 unspecified atom stereocenters. The fourth-order valence-electron chi connectivity index (χ4n) is 1.55. The van der Waals surface area contributed by atoms with Crippen molar-refractivity contribution in [2.75, 3.05) is 5.73 Å². The van der Waals surface area contributed by atoms with Crippen molar-refractivity contribution in [3.63, 3.8) is 0 Å². The van der Waals surface area contributed by atoms with Crippen molar-refractivity contribution in [1.82, 2.24) is 5.32 Å². The quantitative estimate of drug-likeness (QED) is 0.735. The molecule has 5 nitrogen and oxygen atoms in total. The van der Waals surface area contributed by atoms with Gasteiger partial charge < -0.3 is 16.2 Å². The molecule has 0 radical (unpaired) electrons. The number of benzene rings is 1. The van der Waals surface area contributed by atoms with E-state index in [0.717, 1.165) is 0 Å². The molecule has 1 aromatic carbocycles. The van der Waals surface area contributed by atoms with Crippen LogP contribution in [0.4, 0.5) is 5.69 Å². The van der Waals surface area contributed by atoms with E-state index in [1.165, 1.54) is 6.07 Å². The predicted octanol–water partition coefficient (Wildman–Crippen LogP) is 1.38. The van der Waals surface area contributed by atoms with E-state index < -0.39 is 17.4 Å². The number of rotatable bonds is 3. The lowest BCUT2D eigenvalue weighted by Crippen LogP contribution is -2.43. The second kappa shape index (κ2) is 4.03. The van der Waals surface area contributed by atoms with Gasteiger partial charge in [0.05, 0.1) is 0 Å². The van der Waals surface area contributed by atoms with E-state index in [1.807, 2.05) is 0 Å². The molecule has 0 heterocycles. The zero-order valence-electron chi connectivity index (χ0n) is 8.87. The van der Waals surface area contributed by atoms with Crippen LogP contribution in [0, 0.1) is 0 Å². The van der Waals surface area contributed by atoms with Crippen LogP contribution in [0.3, 0.4) is 0 Å². The van der Waals surface area contributed by atoms with Gasteiger partial charge in [-0.05, 0) is 31.0 Å². The van der Waals surface area contributed by atoms with Gasteiger partial charge in [-0.15, -0.1) is 0 Å². The Hall–Kier alpha value is -1.56. The van der Waals surface area contributed by atoms with Gasteiger partial charge in [0, 0.05) is 15.7 Å². The summed E-state index contributed by atoms with van der Waals surface area (Å²) in [7, 11) is 0. The molecule has 1 fully saturated rings. The summed E-state index contributed by atoms with van der Waals surface area (Å²) in [5.74, 6) is -1.41. The lowest BCUT2D eigenvalue weighted by molar-refractivity contribution is -0.140. The summed E-state index contributed by atoms with van der Waals surface area (Å²) >= 11 is 3.23. The molecule has 0 aromatic heterocycles. The number of hydrogen-bond acceptors (Lipinski definition) is 3. The van der Waals surface area contributed by atoms with Crippen molar-refractivity contribution in [2.45, 2.75) is 18.4 Å². The van der Waals surface area contributed by atoms with Gasteiger partial charge in [-0.1, -0.05) is 15.9 Å². The van der Waals surface area contributed by atoms with Crippen LogP contribution in [0.2, 0.25) is 0 Å². The fraction of sp³-hybridized carbons (Fsp3) is 0.273. The number of amides is 1. The topological polar surface area (TPSA) is 92.4 Å². The summed E-state index contributed by atoms with van der Waals surface area (Å²) in [5.41, 5.74) is 5.33. The van der Waals surface area contributed by atoms with Crippen molar-refractivity contribution in [3.05, 3.63) is 28.2 Å². The Balaban J connectivity index is 2.18. The Kier molecular flexibility index (Phi) is 2.82. The number of aliphatic carboxylic acids is 1. The van der Waals surface area contributed by atoms with Crippen molar-refractivity contribution < 1.29 is 14.7 Å². The number of nitrogens with one attached hydrogen (secondary N) is 1. The predicted molar refractivity (Wildman–Crippen MR) is 65.6 cm³/mol. The molecular formula is C11H11BrN2O3. The summed E-state index contributed by atoms with van der Waals surface area (Å²) in [6.07, 6.45) is 0.940. The minimum atomic E-state index is -1.08. The van der Waals surface area contributed by atoms with Crippen LogP contribution in [-0.2, 0) is 4.79 Å². The van der Waals surface area contributed by atoms with E-state index >= 15 is 0 Å². The third-order valence-electron chi connectivity index (χ3n) is 2.69. The van der Waals surface area contributed by atoms with E-state index in [4.69, 9.17) is 10.8 Å². The maximum absolute atomic E-state index is 11.9. The summed E-state index contributed by atoms with van der Waals surface area (Å²) < 4.78 is 0.683. The molecule has 0 bridgehead atoms. The van der Waals surface area contributed by atoms with Crippen LogP contribution in [0.5, 0.6) is 0 Å². The molecule has 2 rings (SSSR count). The Labute approximate surface area is 106 Å². The van der Waals surface area contributed by atoms with Gasteiger partial charge in [-0.3, -0.25) is 4.79 Å². The Bertz CT molecular complexity index is 477. The highest BCUT2D eigenvalue weighted by molar-refractivity contribution is 9.10. The van der Waals surface area contributed by atoms with Crippen LogP contribution >= 0.6 is 15.9 Å². The van der Waals surface area contributed by atoms with Crippen LogP contribution < -0.4 is 11.1 Å². The highest BCUT2D eigenvalue weighted by atomic mass is 79.9. The minimum absolute atomic E-state index is 0.351. The summed E-state index contributed by atoms with van der Waals surface area (Å²) in [6.45, 7) is 0. The molecule has 1 aliphatic carbocycles.